The van der Waals surface area contributed by atoms with Crippen molar-refractivity contribution in [2.24, 2.45) is 0 Å². The molecule has 2 rings (SSSR count). The van der Waals surface area contributed by atoms with Crippen LogP contribution in [-0.2, 0) is 0 Å². The van der Waals surface area contributed by atoms with Crippen LogP contribution in [0.1, 0.15) is 25.0 Å². The molecule has 1 aliphatic rings. The second-order valence-electron chi connectivity index (χ2n) is 4.49. The van der Waals surface area contributed by atoms with Crippen LogP contribution < -0.4 is 4.74 Å². The lowest BCUT2D eigenvalue weighted by Gasteiger charge is -2.33. The maximum absolute atomic E-state index is 14.0. The highest BCUT2D eigenvalue weighted by Gasteiger charge is 2.33. The highest BCUT2D eigenvalue weighted by atomic mass is 32.2. The van der Waals surface area contributed by atoms with E-state index in [9.17, 15) is 9.50 Å². The Hall–Kier alpha value is -0.390. The Labute approximate surface area is 122 Å². The number of benzene rings is 1. The molecule has 2 nitrogen and oxygen atoms in total. The predicted octanol–water partition coefficient (Wildman–Crippen LogP) is 3.49. The van der Waals surface area contributed by atoms with Crippen molar-refractivity contribution in [1.82, 2.24) is 0 Å². The third-order valence-electron chi connectivity index (χ3n) is 3.33. The molecule has 3 unspecified atom stereocenters. The van der Waals surface area contributed by atoms with Gasteiger partial charge in [0.1, 0.15) is 11.6 Å². The second kappa shape index (κ2) is 6.86. The number of ether oxygens (including phenoxy) is 1. The number of aliphatic hydroxyl groups excluding tert-OH is 1. The fourth-order valence-electron chi connectivity index (χ4n) is 2.28. The van der Waals surface area contributed by atoms with E-state index >= 15 is 0 Å². The van der Waals surface area contributed by atoms with Crippen LogP contribution in [0.2, 0.25) is 0 Å². The Kier molecular flexibility index (Phi) is 5.42. The summed E-state index contributed by atoms with van der Waals surface area (Å²) < 4.78 is 19.0. The minimum Gasteiger partial charge on any atom is -0.497 e. The number of rotatable bonds is 4. The van der Waals surface area contributed by atoms with Gasteiger partial charge in [-0.15, -0.1) is 0 Å². The van der Waals surface area contributed by atoms with Gasteiger partial charge < -0.3 is 9.84 Å². The monoisotopic (exact) mass is 302 g/mol. The van der Waals surface area contributed by atoms with Crippen LogP contribution in [0, 0.1) is 5.82 Å². The van der Waals surface area contributed by atoms with E-state index in [4.69, 9.17) is 4.74 Å². The summed E-state index contributed by atoms with van der Waals surface area (Å²) in [5.74, 6) is 2.21. The van der Waals surface area contributed by atoms with Gasteiger partial charge in [0.05, 0.1) is 13.2 Å². The molecule has 0 radical (unpaired) electrons. The van der Waals surface area contributed by atoms with Gasteiger partial charge in [-0.1, -0.05) is 6.92 Å². The Bertz CT molecular complexity index is 428. The Morgan fingerprint density at radius 3 is 2.79 bits per heavy atom. The van der Waals surface area contributed by atoms with Crippen LogP contribution >= 0.6 is 23.5 Å². The van der Waals surface area contributed by atoms with E-state index in [1.807, 2.05) is 11.8 Å². The molecule has 1 fully saturated rings. The quantitative estimate of drug-likeness (QED) is 0.922. The van der Waals surface area contributed by atoms with Gasteiger partial charge in [-0.25, -0.2) is 4.39 Å². The van der Waals surface area contributed by atoms with Gasteiger partial charge in [0.15, 0.2) is 0 Å². The highest BCUT2D eigenvalue weighted by Crippen LogP contribution is 2.41. The van der Waals surface area contributed by atoms with Crippen molar-refractivity contribution in [3.8, 4) is 5.75 Å². The van der Waals surface area contributed by atoms with E-state index in [1.54, 1.807) is 23.9 Å². The molecule has 1 aromatic carbocycles. The summed E-state index contributed by atoms with van der Waals surface area (Å²) in [6.45, 7) is 2.12. The Morgan fingerprint density at radius 2 is 2.16 bits per heavy atom. The third-order valence-corrected chi connectivity index (χ3v) is 6.67. The maximum atomic E-state index is 14.0. The Morgan fingerprint density at radius 1 is 1.42 bits per heavy atom. The first-order valence-electron chi connectivity index (χ1n) is 6.42. The fraction of sp³-hybridized carbons (Fsp3) is 0.571. The summed E-state index contributed by atoms with van der Waals surface area (Å²) >= 11 is 3.63. The molecule has 1 aromatic rings. The lowest BCUT2D eigenvalue weighted by Crippen LogP contribution is -2.31. The maximum Gasteiger partial charge on any atom is 0.132 e. The first-order chi connectivity index (χ1) is 9.17. The zero-order valence-electron chi connectivity index (χ0n) is 11.1. The summed E-state index contributed by atoms with van der Waals surface area (Å²) in [5, 5.41) is 10.9. The summed E-state index contributed by atoms with van der Waals surface area (Å²) in [6.07, 6.45) is 0.241. The molecule has 0 aromatic heterocycles. The molecule has 1 saturated heterocycles. The number of aliphatic hydroxyl groups is 1. The van der Waals surface area contributed by atoms with Crippen molar-refractivity contribution in [1.29, 1.82) is 0 Å². The average molecular weight is 302 g/mol. The SMILES string of the molecule is CCC1SCCSC1C(O)c1ccc(OC)cc1F. The molecule has 1 N–H and O–H groups in total. The molecular formula is C14H19FO2S2. The van der Waals surface area contributed by atoms with Gasteiger partial charge in [0.25, 0.3) is 0 Å². The van der Waals surface area contributed by atoms with Crippen molar-refractivity contribution >= 4 is 23.5 Å². The average Bonchev–Trinajstić information content (AvgIpc) is 2.46. The van der Waals surface area contributed by atoms with Gasteiger partial charge in [-0.3, -0.25) is 0 Å². The molecule has 106 valence electrons. The lowest BCUT2D eigenvalue weighted by atomic mass is 10.0. The minimum atomic E-state index is -0.756. The molecule has 0 amide bonds. The Balaban J connectivity index is 2.20. The van der Waals surface area contributed by atoms with Crippen LogP contribution in [0.5, 0.6) is 5.75 Å². The standard InChI is InChI=1S/C14H19FO2S2/c1-3-12-14(19-7-6-18-12)13(16)10-5-4-9(17-2)8-11(10)15/h4-5,8,12-14,16H,3,6-7H2,1-2H3. The van der Waals surface area contributed by atoms with E-state index in [-0.39, 0.29) is 5.25 Å². The third kappa shape index (κ3) is 3.38. The molecule has 19 heavy (non-hydrogen) atoms. The van der Waals surface area contributed by atoms with Crippen LogP contribution in [0.3, 0.4) is 0 Å². The van der Waals surface area contributed by atoms with Crippen LogP contribution in [0.25, 0.3) is 0 Å². The number of methoxy groups -OCH3 is 1. The van der Waals surface area contributed by atoms with Crippen LogP contribution in [-0.4, -0.2) is 34.2 Å². The van der Waals surface area contributed by atoms with Gasteiger partial charge in [0, 0.05) is 33.6 Å². The molecule has 1 heterocycles. The molecule has 3 atom stereocenters. The van der Waals surface area contributed by atoms with Crippen molar-refractivity contribution in [2.45, 2.75) is 29.9 Å². The topological polar surface area (TPSA) is 29.5 Å². The molecule has 0 aliphatic carbocycles. The first-order valence-corrected chi connectivity index (χ1v) is 8.51. The zero-order chi connectivity index (χ0) is 13.8. The van der Waals surface area contributed by atoms with Crippen molar-refractivity contribution in [3.63, 3.8) is 0 Å². The smallest absolute Gasteiger partial charge is 0.132 e. The van der Waals surface area contributed by atoms with Gasteiger partial charge in [-0.05, 0) is 18.6 Å². The van der Waals surface area contributed by atoms with E-state index in [0.29, 0.717) is 16.6 Å². The highest BCUT2D eigenvalue weighted by molar-refractivity contribution is 8.07. The van der Waals surface area contributed by atoms with E-state index < -0.39 is 11.9 Å². The van der Waals surface area contributed by atoms with Crippen molar-refractivity contribution in [2.75, 3.05) is 18.6 Å². The molecule has 0 saturated carbocycles. The van der Waals surface area contributed by atoms with Crippen LogP contribution in [0.15, 0.2) is 18.2 Å². The zero-order valence-corrected chi connectivity index (χ0v) is 12.8. The van der Waals surface area contributed by atoms with Crippen molar-refractivity contribution in [3.05, 3.63) is 29.6 Å². The lowest BCUT2D eigenvalue weighted by molar-refractivity contribution is 0.167. The summed E-state index contributed by atoms with van der Waals surface area (Å²) in [7, 11) is 1.51. The van der Waals surface area contributed by atoms with Crippen LogP contribution in [0.4, 0.5) is 4.39 Å². The predicted molar refractivity (Wildman–Crippen MR) is 80.7 cm³/mol. The summed E-state index contributed by atoms with van der Waals surface area (Å²) in [6, 6.07) is 4.66. The largest absolute Gasteiger partial charge is 0.497 e. The normalized spacial score (nSPS) is 25.1. The van der Waals surface area contributed by atoms with E-state index in [1.165, 1.54) is 13.2 Å². The molecule has 5 heteroatoms. The molecule has 1 aliphatic heterocycles. The van der Waals surface area contributed by atoms with E-state index in [2.05, 4.69) is 6.92 Å². The summed E-state index contributed by atoms with van der Waals surface area (Å²) in [5.41, 5.74) is 0.374. The van der Waals surface area contributed by atoms with Gasteiger partial charge in [0.2, 0.25) is 0 Å². The second-order valence-corrected chi connectivity index (χ2v) is 7.12. The molecular weight excluding hydrogens is 283 g/mol. The number of halogens is 1. The number of hydrogen-bond acceptors (Lipinski definition) is 4. The van der Waals surface area contributed by atoms with Gasteiger partial charge >= 0.3 is 0 Å². The number of hydrogen-bond donors (Lipinski definition) is 1. The van der Waals surface area contributed by atoms with Gasteiger partial charge in [-0.2, -0.15) is 23.5 Å². The first kappa shape index (κ1) is 15.0. The summed E-state index contributed by atoms with van der Waals surface area (Å²) in [4.78, 5) is 0. The fourth-order valence-corrected chi connectivity index (χ4v) is 5.41. The minimum absolute atomic E-state index is 0.0617. The van der Waals surface area contributed by atoms with E-state index in [0.717, 1.165) is 17.9 Å². The molecule has 0 spiro atoms. The number of thioether (sulfide) groups is 2. The van der Waals surface area contributed by atoms with Crippen molar-refractivity contribution < 1.29 is 14.2 Å². The molecule has 0 bridgehead atoms.